The maximum Gasteiger partial charge on any atom is 0.253 e. The number of amides is 2. The van der Waals surface area contributed by atoms with E-state index in [9.17, 15) is 9.59 Å². The molecule has 0 bridgehead atoms. The van der Waals surface area contributed by atoms with Gasteiger partial charge in [0.2, 0.25) is 5.91 Å². The van der Waals surface area contributed by atoms with Crippen molar-refractivity contribution in [1.29, 1.82) is 0 Å². The molecule has 2 amide bonds. The van der Waals surface area contributed by atoms with Gasteiger partial charge in [-0.1, -0.05) is 0 Å². The second kappa shape index (κ2) is 5.03. The summed E-state index contributed by atoms with van der Waals surface area (Å²) in [6.07, 6.45) is 2.60. The second-order valence-electron chi connectivity index (χ2n) is 4.46. The number of nitrogens with zero attached hydrogens (tertiary/aromatic N) is 2. The third-order valence-corrected chi connectivity index (χ3v) is 3.01. The number of pyridine rings is 1. The lowest BCUT2D eigenvalue weighted by Gasteiger charge is -2.30. The molecule has 1 fully saturated rings. The number of hydrogen-bond acceptors (Lipinski definition) is 4. The fourth-order valence-electron chi connectivity index (χ4n) is 1.94. The van der Waals surface area contributed by atoms with E-state index in [2.05, 4.69) is 10.3 Å². The Morgan fingerprint density at radius 1 is 1.56 bits per heavy atom. The van der Waals surface area contributed by atoms with Gasteiger partial charge in [-0.05, 0) is 18.6 Å². The highest BCUT2D eigenvalue weighted by Crippen LogP contribution is 2.10. The lowest BCUT2D eigenvalue weighted by Crippen LogP contribution is -2.48. The molecule has 1 unspecified atom stereocenters. The van der Waals surface area contributed by atoms with Gasteiger partial charge in [0, 0.05) is 32.3 Å². The van der Waals surface area contributed by atoms with Crippen LogP contribution in [0, 0.1) is 0 Å². The van der Waals surface area contributed by atoms with Gasteiger partial charge in [0.25, 0.3) is 5.91 Å². The fourth-order valence-corrected chi connectivity index (χ4v) is 1.94. The minimum Gasteiger partial charge on any atom is -0.384 e. The quantitative estimate of drug-likeness (QED) is 0.772. The highest BCUT2D eigenvalue weighted by molar-refractivity contribution is 5.94. The Morgan fingerprint density at radius 3 is 2.94 bits per heavy atom. The molecule has 1 aromatic heterocycles. The lowest BCUT2D eigenvalue weighted by molar-refractivity contribution is -0.132. The maximum atomic E-state index is 11.9. The minimum atomic E-state index is -0.185. The topological polar surface area (TPSA) is 88.3 Å². The summed E-state index contributed by atoms with van der Waals surface area (Å²) in [5.74, 6) is 0.319. The molecule has 1 aliphatic heterocycles. The van der Waals surface area contributed by atoms with Crippen LogP contribution in [0.4, 0.5) is 5.82 Å². The van der Waals surface area contributed by atoms with Crippen LogP contribution in [0.3, 0.4) is 0 Å². The van der Waals surface area contributed by atoms with Crippen LogP contribution in [0.2, 0.25) is 0 Å². The zero-order valence-corrected chi connectivity index (χ0v) is 10.2. The molecule has 2 rings (SSSR count). The van der Waals surface area contributed by atoms with Crippen molar-refractivity contribution in [2.24, 2.45) is 0 Å². The van der Waals surface area contributed by atoms with E-state index in [1.54, 1.807) is 24.1 Å². The number of rotatable bonds is 2. The first-order valence-corrected chi connectivity index (χ1v) is 5.82. The fraction of sp³-hybridized carbons (Fsp3) is 0.417. The van der Waals surface area contributed by atoms with Gasteiger partial charge < -0.3 is 16.0 Å². The van der Waals surface area contributed by atoms with Gasteiger partial charge in [-0.3, -0.25) is 9.59 Å². The van der Waals surface area contributed by atoms with E-state index in [4.69, 9.17) is 5.73 Å². The van der Waals surface area contributed by atoms with Crippen molar-refractivity contribution >= 4 is 17.6 Å². The van der Waals surface area contributed by atoms with Crippen LogP contribution < -0.4 is 11.1 Å². The summed E-state index contributed by atoms with van der Waals surface area (Å²) in [5.41, 5.74) is 5.93. The molecule has 3 N–H and O–H groups in total. The average Bonchev–Trinajstić information content (AvgIpc) is 2.34. The van der Waals surface area contributed by atoms with Crippen LogP contribution in [0.1, 0.15) is 23.2 Å². The average molecular weight is 248 g/mol. The number of nitrogen functional groups attached to an aromatic ring is 1. The van der Waals surface area contributed by atoms with E-state index in [1.165, 1.54) is 6.20 Å². The van der Waals surface area contributed by atoms with Crippen molar-refractivity contribution < 1.29 is 9.59 Å². The van der Waals surface area contributed by atoms with Gasteiger partial charge >= 0.3 is 0 Å². The molecule has 6 heteroatoms. The van der Waals surface area contributed by atoms with E-state index in [1.807, 2.05) is 0 Å². The van der Waals surface area contributed by atoms with Crippen molar-refractivity contribution in [3.05, 3.63) is 23.9 Å². The molecule has 0 radical (unpaired) electrons. The van der Waals surface area contributed by atoms with Crippen LogP contribution in [0.5, 0.6) is 0 Å². The van der Waals surface area contributed by atoms with Crippen molar-refractivity contribution in [2.75, 3.05) is 19.3 Å². The number of piperidine rings is 1. The van der Waals surface area contributed by atoms with Gasteiger partial charge in [-0.15, -0.1) is 0 Å². The Hall–Kier alpha value is -2.11. The van der Waals surface area contributed by atoms with Crippen molar-refractivity contribution in [3.63, 3.8) is 0 Å². The Morgan fingerprint density at radius 2 is 2.33 bits per heavy atom. The van der Waals surface area contributed by atoms with Crippen molar-refractivity contribution in [2.45, 2.75) is 18.9 Å². The summed E-state index contributed by atoms with van der Waals surface area (Å²) in [5, 5.41) is 2.89. The summed E-state index contributed by atoms with van der Waals surface area (Å²) in [6.45, 7) is 0.549. The van der Waals surface area contributed by atoms with E-state index in [-0.39, 0.29) is 17.9 Å². The number of nitrogens with one attached hydrogen (secondary N) is 1. The van der Waals surface area contributed by atoms with E-state index in [0.717, 1.165) is 0 Å². The molecule has 18 heavy (non-hydrogen) atoms. The van der Waals surface area contributed by atoms with Gasteiger partial charge in [0.05, 0.1) is 5.56 Å². The number of hydrogen-bond donors (Lipinski definition) is 2. The van der Waals surface area contributed by atoms with Crippen molar-refractivity contribution in [3.8, 4) is 0 Å². The van der Waals surface area contributed by atoms with Crippen LogP contribution >= 0.6 is 0 Å². The Balaban J connectivity index is 1.95. The zero-order chi connectivity index (χ0) is 13.1. The first-order chi connectivity index (χ1) is 8.56. The summed E-state index contributed by atoms with van der Waals surface area (Å²) in [4.78, 5) is 28.7. The second-order valence-corrected chi connectivity index (χ2v) is 4.46. The van der Waals surface area contributed by atoms with Crippen LogP contribution in [0.15, 0.2) is 18.3 Å². The standard InChI is InChI=1S/C12H16N4O2/c1-16-7-9(3-5-11(16)17)15-12(18)8-2-4-10(13)14-6-8/h2,4,6,9H,3,5,7H2,1H3,(H2,13,14)(H,15,18). The highest BCUT2D eigenvalue weighted by Gasteiger charge is 2.24. The summed E-state index contributed by atoms with van der Waals surface area (Å²) >= 11 is 0. The molecule has 0 aromatic carbocycles. The Kier molecular flexibility index (Phi) is 3.45. The zero-order valence-electron chi connectivity index (χ0n) is 10.2. The molecule has 1 atom stereocenters. The molecule has 96 valence electrons. The number of aromatic nitrogens is 1. The SMILES string of the molecule is CN1CC(NC(=O)c2ccc(N)nc2)CCC1=O. The minimum absolute atomic E-state index is 0.00208. The predicted molar refractivity (Wildman–Crippen MR) is 66.8 cm³/mol. The molecule has 1 aromatic rings. The first kappa shape index (κ1) is 12.3. The first-order valence-electron chi connectivity index (χ1n) is 5.82. The molecular weight excluding hydrogens is 232 g/mol. The van der Waals surface area contributed by atoms with E-state index < -0.39 is 0 Å². The highest BCUT2D eigenvalue weighted by atomic mass is 16.2. The smallest absolute Gasteiger partial charge is 0.253 e. The Labute approximate surface area is 105 Å². The van der Waals surface area contributed by atoms with Crippen LogP contribution in [-0.2, 0) is 4.79 Å². The molecule has 2 heterocycles. The van der Waals surface area contributed by atoms with Gasteiger partial charge in [-0.25, -0.2) is 4.98 Å². The third-order valence-electron chi connectivity index (χ3n) is 3.01. The summed E-state index contributed by atoms with van der Waals surface area (Å²) in [6, 6.07) is 3.22. The summed E-state index contributed by atoms with van der Waals surface area (Å²) < 4.78 is 0. The number of likely N-dealkylation sites (tertiary alicyclic amines) is 1. The predicted octanol–water partition coefficient (Wildman–Crippen LogP) is 0.0144. The normalized spacial score (nSPS) is 19.7. The van der Waals surface area contributed by atoms with Crippen LogP contribution in [0.25, 0.3) is 0 Å². The summed E-state index contributed by atoms with van der Waals surface area (Å²) in [7, 11) is 1.74. The number of carbonyl (C=O) groups is 2. The van der Waals surface area contributed by atoms with Gasteiger partial charge in [0.15, 0.2) is 0 Å². The number of nitrogens with two attached hydrogens (primary N) is 1. The molecule has 0 spiro atoms. The van der Waals surface area contributed by atoms with Crippen LogP contribution in [-0.4, -0.2) is 41.3 Å². The molecular formula is C12H16N4O2. The van der Waals surface area contributed by atoms with Crippen molar-refractivity contribution in [1.82, 2.24) is 15.2 Å². The molecule has 1 aliphatic rings. The lowest BCUT2D eigenvalue weighted by atomic mass is 10.1. The number of carbonyl (C=O) groups excluding carboxylic acids is 2. The number of likely N-dealkylation sites (N-methyl/N-ethyl adjacent to an activating group) is 1. The maximum absolute atomic E-state index is 11.9. The van der Waals surface area contributed by atoms with Gasteiger partial charge in [-0.2, -0.15) is 0 Å². The largest absolute Gasteiger partial charge is 0.384 e. The molecule has 0 aliphatic carbocycles. The van der Waals surface area contributed by atoms with E-state index >= 15 is 0 Å². The molecule has 1 saturated heterocycles. The molecule has 6 nitrogen and oxygen atoms in total. The van der Waals surface area contributed by atoms with E-state index in [0.29, 0.717) is 30.8 Å². The number of anilines is 1. The monoisotopic (exact) mass is 248 g/mol. The van der Waals surface area contributed by atoms with Gasteiger partial charge in [0.1, 0.15) is 5.82 Å². The molecule has 0 saturated carbocycles. The Bertz CT molecular complexity index is 458. The third kappa shape index (κ3) is 2.77.